The first-order chi connectivity index (χ1) is 9.98. The lowest BCUT2D eigenvalue weighted by Crippen LogP contribution is -2.26. The van der Waals surface area contributed by atoms with Crippen LogP contribution in [0.3, 0.4) is 0 Å². The summed E-state index contributed by atoms with van der Waals surface area (Å²) in [6.45, 7) is -0.282. The lowest BCUT2D eigenvalue weighted by atomic mass is 10.1. The summed E-state index contributed by atoms with van der Waals surface area (Å²) in [5.41, 5.74) is 6.53. The van der Waals surface area contributed by atoms with Gasteiger partial charge in [0.1, 0.15) is 23.5 Å². The van der Waals surface area contributed by atoms with Crippen molar-refractivity contribution < 1.29 is 13.2 Å². The molecule has 3 rings (SSSR count). The van der Waals surface area contributed by atoms with E-state index < -0.39 is 18.3 Å². The monoisotopic (exact) mass is 294 g/mol. The molecule has 21 heavy (non-hydrogen) atoms. The molecule has 0 saturated carbocycles. The molecule has 0 spiro atoms. The highest BCUT2D eigenvalue weighted by Gasteiger charge is 2.39. The maximum atomic E-state index is 13.8. The largest absolute Gasteiger partial charge is 0.394 e. The fourth-order valence-electron chi connectivity index (χ4n) is 2.42. The van der Waals surface area contributed by atoms with Gasteiger partial charge in [-0.15, -0.1) is 0 Å². The van der Waals surface area contributed by atoms with Crippen molar-refractivity contribution in [3.8, 4) is 11.3 Å². The van der Waals surface area contributed by atoms with Crippen LogP contribution in [0, 0.1) is 5.82 Å². The zero-order valence-electron chi connectivity index (χ0n) is 11.1. The van der Waals surface area contributed by atoms with E-state index in [0.717, 1.165) is 0 Å². The van der Waals surface area contributed by atoms with E-state index in [1.165, 1.54) is 23.4 Å². The number of benzene rings is 1. The zero-order chi connectivity index (χ0) is 15.0. The Bertz CT molecular complexity index is 675. The number of alkyl halides is 2. The normalized spacial score (nSPS) is 17.2. The molecular weight excluding hydrogens is 281 g/mol. The Morgan fingerprint density at radius 3 is 2.62 bits per heavy atom. The van der Waals surface area contributed by atoms with Crippen molar-refractivity contribution in [2.45, 2.75) is 12.3 Å². The number of hydrogen-bond acceptors (Lipinski definition) is 4. The van der Waals surface area contributed by atoms with Crippen molar-refractivity contribution in [1.82, 2.24) is 9.97 Å². The molecule has 0 atom stereocenters. The topological polar surface area (TPSA) is 55.0 Å². The van der Waals surface area contributed by atoms with Crippen molar-refractivity contribution in [3.05, 3.63) is 36.4 Å². The summed E-state index contributed by atoms with van der Waals surface area (Å²) in [5, 5.41) is 0. The standard InChI is InChI=1S/C14H13F3N4/c15-10-4-2-1-3-9(10)12-11(18)13(20-8-19-12)21-6-5-14(16,17)7-21/h1-4,8H,5-7,18H2. The number of anilines is 2. The number of rotatable bonds is 2. The highest BCUT2D eigenvalue weighted by molar-refractivity contribution is 5.81. The highest BCUT2D eigenvalue weighted by atomic mass is 19.3. The van der Waals surface area contributed by atoms with Crippen molar-refractivity contribution in [3.63, 3.8) is 0 Å². The van der Waals surface area contributed by atoms with Gasteiger partial charge in [0.15, 0.2) is 5.82 Å². The smallest absolute Gasteiger partial charge is 0.266 e. The number of hydrogen-bond donors (Lipinski definition) is 1. The van der Waals surface area contributed by atoms with Gasteiger partial charge in [0.25, 0.3) is 5.92 Å². The maximum absolute atomic E-state index is 13.8. The van der Waals surface area contributed by atoms with E-state index in [9.17, 15) is 13.2 Å². The van der Waals surface area contributed by atoms with E-state index in [4.69, 9.17) is 5.73 Å². The molecule has 2 heterocycles. The lowest BCUT2D eigenvalue weighted by molar-refractivity contribution is 0.0257. The van der Waals surface area contributed by atoms with Crippen molar-refractivity contribution in [2.24, 2.45) is 0 Å². The first kappa shape index (κ1) is 13.7. The van der Waals surface area contributed by atoms with Crippen molar-refractivity contribution in [1.29, 1.82) is 0 Å². The molecule has 0 unspecified atom stereocenters. The summed E-state index contributed by atoms with van der Waals surface area (Å²) < 4.78 is 40.5. The molecular formula is C14H13F3N4. The second-order valence-corrected chi connectivity index (χ2v) is 4.97. The van der Waals surface area contributed by atoms with E-state index >= 15 is 0 Å². The molecule has 2 aromatic rings. The van der Waals surface area contributed by atoms with E-state index in [0.29, 0.717) is 0 Å². The Morgan fingerprint density at radius 2 is 1.95 bits per heavy atom. The summed E-state index contributed by atoms with van der Waals surface area (Å²) in [6, 6.07) is 6.04. The molecule has 2 N–H and O–H groups in total. The molecule has 0 bridgehead atoms. The van der Waals surface area contributed by atoms with Crippen LogP contribution < -0.4 is 10.6 Å². The average Bonchev–Trinajstić information content (AvgIpc) is 2.80. The molecule has 0 aliphatic carbocycles. The third-order valence-electron chi connectivity index (χ3n) is 3.46. The fourth-order valence-corrected chi connectivity index (χ4v) is 2.42. The summed E-state index contributed by atoms with van der Waals surface area (Å²) >= 11 is 0. The van der Waals surface area contributed by atoms with Gasteiger partial charge in [-0.3, -0.25) is 0 Å². The third kappa shape index (κ3) is 2.51. The molecule has 7 heteroatoms. The van der Waals surface area contributed by atoms with Crippen molar-refractivity contribution >= 4 is 11.5 Å². The van der Waals surface area contributed by atoms with Gasteiger partial charge in [-0.2, -0.15) is 0 Å². The Labute approximate surface area is 119 Å². The zero-order valence-corrected chi connectivity index (χ0v) is 11.1. The molecule has 1 fully saturated rings. The first-order valence-electron chi connectivity index (χ1n) is 6.46. The highest BCUT2D eigenvalue weighted by Crippen LogP contribution is 2.36. The fraction of sp³-hybridized carbons (Fsp3) is 0.286. The van der Waals surface area contributed by atoms with Crippen LogP contribution in [0.5, 0.6) is 0 Å². The molecule has 110 valence electrons. The third-order valence-corrected chi connectivity index (χ3v) is 3.46. The molecule has 4 nitrogen and oxygen atoms in total. The molecule has 1 aliphatic heterocycles. The van der Waals surface area contributed by atoms with Gasteiger partial charge >= 0.3 is 0 Å². The van der Waals surface area contributed by atoms with Gasteiger partial charge in [-0.1, -0.05) is 12.1 Å². The second-order valence-electron chi connectivity index (χ2n) is 4.97. The van der Waals surface area contributed by atoms with Crippen LogP contribution in [0.15, 0.2) is 30.6 Å². The predicted octanol–water partition coefficient (Wildman–Crippen LogP) is 2.71. The van der Waals surface area contributed by atoms with E-state index in [-0.39, 0.29) is 35.7 Å². The second kappa shape index (κ2) is 4.91. The summed E-state index contributed by atoms with van der Waals surface area (Å²) in [6.07, 6.45) is 0.968. The van der Waals surface area contributed by atoms with Crippen LogP contribution in [0.25, 0.3) is 11.3 Å². The molecule has 0 radical (unpaired) electrons. The number of nitrogens with zero attached hydrogens (tertiary/aromatic N) is 3. The summed E-state index contributed by atoms with van der Waals surface area (Å²) in [5.74, 6) is -3.00. The minimum atomic E-state index is -2.75. The minimum absolute atomic E-state index is 0.111. The number of aromatic nitrogens is 2. The van der Waals surface area contributed by atoms with Crippen LogP contribution in [0.4, 0.5) is 24.7 Å². The minimum Gasteiger partial charge on any atom is -0.394 e. The number of nitrogen functional groups attached to an aromatic ring is 1. The molecule has 1 saturated heterocycles. The van der Waals surface area contributed by atoms with E-state index in [1.54, 1.807) is 12.1 Å². The summed E-state index contributed by atoms with van der Waals surface area (Å²) in [4.78, 5) is 9.37. The van der Waals surface area contributed by atoms with Crippen LogP contribution in [-0.4, -0.2) is 29.0 Å². The van der Waals surface area contributed by atoms with Gasteiger partial charge in [0, 0.05) is 18.5 Å². The summed E-state index contributed by atoms with van der Waals surface area (Å²) in [7, 11) is 0. The van der Waals surface area contributed by atoms with E-state index in [1.807, 2.05) is 0 Å². The van der Waals surface area contributed by atoms with Crippen molar-refractivity contribution in [2.75, 3.05) is 23.7 Å². The SMILES string of the molecule is Nc1c(-c2ccccc2F)ncnc1N1CCC(F)(F)C1. The molecule has 1 aromatic carbocycles. The Kier molecular flexibility index (Phi) is 3.19. The molecule has 1 aromatic heterocycles. The molecule has 1 aliphatic rings. The maximum Gasteiger partial charge on any atom is 0.266 e. The average molecular weight is 294 g/mol. The number of halogens is 3. The van der Waals surface area contributed by atoms with E-state index in [2.05, 4.69) is 9.97 Å². The van der Waals surface area contributed by atoms with Crippen LogP contribution in [-0.2, 0) is 0 Å². The van der Waals surface area contributed by atoms with Gasteiger partial charge in [0.05, 0.1) is 6.54 Å². The Balaban J connectivity index is 2.02. The molecule has 0 amide bonds. The van der Waals surface area contributed by atoms with Crippen LogP contribution >= 0.6 is 0 Å². The van der Waals surface area contributed by atoms with Gasteiger partial charge in [-0.25, -0.2) is 23.1 Å². The van der Waals surface area contributed by atoms with Gasteiger partial charge < -0.3 is 10.6 Å². The van der Waals surface area contributed by atoms with Gasteiger partial charge in [-0.05, 0) is 12.1 Å². The van der Waals surface area contributed by atoms with Crippen LogP contribution in [0.2, 0.25) is 0 Å². The Hall–Kier alpha value is -2.31. The Morgan fingerprint density at radius 1 is 1.19 bits per heavy atom. The predicted molar refractivity (Wildman–Crippen MR) is 73.6 cm³/mol. The number of nitrogens with two attached hydrogens (primary N) is 1. The van der Waals surface area contributed by atoms with Gasteiger partial charge in [0.2, 0.25) is 0 Å². The van der Waals surface area contributed by atoms with Crippen LogP contribution in [0.1, 0.15) is 6.42 Å². The lowest BCUT2D eigenvalue weighted by Gasteiger charge is -2.20. The quantitative estimate of drug-likeness (QED) is 0.925. The first-order valence-corrected chi connectivity index (χ1v) is 6.46.